The lowest BCUT2D eigenvalue weighted by Gasteiger charge is -2.33. The number of aromatic nitrogens is 1. The molecule has 0 radical (unpaired) electrons. The predicted molar refractivity (Wildman–Crippen MR) is 72.5 cm³/mol. The van der Waals surface area contributed by atoms with Gasteiger partial charge in [0.05, 0.1) is 5.56 Å². The Labute approximate surface area is 112 Å². The van der Waals surface area contributed by atoms with E-state index in [-0.39, 0.29) is 11.3 Å². The van der Waals surface area contributed by atoms with E-state index in [9.17, 15) is 4.79 Å². The summed E-state index contributed by atoms with van der Waals surface area (Å²) in [7, 11) is 0. The van der Waals surface area contributed by atoms with Crippen LogP contribution in [0.2, 0.25) is 0 Å². The Morgan fingerprint density at radius 2 is 2.21 bits per heavy atom. The van der Waals surface area contributed by atoms with Crippen molar-refractivity contribution in [2.24, 2.45) is 11.3 Å². The minimum absolute atomic E-state index is 0.108. The van der Waals surface area contributed by atoms with Crippen molar-refractivity contribution in [2.75, 3.05) is 25.2 Å². The predicted octanol–water partition coefficient (Wildman–Crippen LogP) is 0.914. The van der Waals surface area contributed by atoms with Gasteiger partial charge in [-0.15, -0.1) is 0 Å². The van der Waals surface area contributed by atoms with Gasteiger partial charge in [0.2, 0.25) is 0 Å². The molecular weight excluding hydrogens is 244 g/mol. The molecule has 0 atom stereocenters. The summed E-state index contributed by atoms with van der Waals surface area (Å²) in [6.45, 7) is 4.37. The van der Waals surface area contributed by atoms with E-state index in [1.54, 1.807) is 12.1 Å². The molecule has 1 aliphatic heterocycles. The van der Waals surface area contributed by atoms with E-state index < -0.39 is 0 Å². The number of carbonyl (C=O) groups excluding carboxylic acids is 1. The van der Waals surface area contributed by atoms with Gasteiger partial charge >= 0.3 is 0 Å². The number of pyridine rings is 1. The van der Waals surface area contributed by atoms with E-state index in [0.29, 0.717) is 17.9 Å². The van der Waals surface area contributed by atoms with Crippen LogP contribution in [0.15, 0.2) is 18.3 Å². The van der Waals surface area contributed by atoms with Crippen molar-refractivity contribution in [1.82, 2.24) is 10.3 Å². The molecule has 1 fully saturated rings. The summed E-state index contributed by atoms with van der Waals surface area (Å²) in [6, 6.07) is 3.37. The summed E-state index contributed by atoms with van der Waals surface area (Å²) in [5.41, 5.74) is 3.09. The maximum absolute atomic E-state index is 12.0. The molecule has 0 aliphatic carbocycles. The number of anilines is 1. The molecule has 2 rings (SSSR count). The molecule has 0 bridgehead atoms. The van der Waals surface area contributed by atoms with Crippen LogP contribution in [0.5, 0.6) is 0 Å². The van der Waals surface area contributed by atoms with Crippen LogP contribution in [-0.2, 0) is 4.74 Å². The highest BCUT2D eigenvalue weighted by atomic mass is 16.5. The van der Waals surface area contributed by atoms with Crippen LogP contribution in [-0.4, -0.2) is 30.6 Å². The first-order valence-electron chi connectivity index (χ1n) is 6.42. The van der Waals surface area contributed by atoms with E-state index in [1.165, 1.54) is 6.20 Å². The SMILES string of the molecule is CC1(CNC(=O)c2ccc(NN)nc2)CCOCC1. The molecule has 4 N–H and O–H groups in total. The fourth-order valence-corrected chi connectivity index (χ4v) is 2.05. The van der Waals surface area contributed by atoms with Gasteiger partial charge in [-0.05, 0) is 30.4 Å². The fraction of sp³-hybridized carbons (Fsp3) is 0.538. The molecule has 1 aliphatic rings. The van der Waals surface area contributed by atoms with Crippen molar-refractivity contribution in [3.63, 3.8) is 0 Å². The zero-order valence-electron chi connectivity index (χ0n) is 11.1. The highest BCUT2D eigenvalue weighted by Crippen LogP contribution is 2.28. The largest absolute Gasteiger partial charge is 0.381 e. The quantitative estimate of drug-likeness (QED) is 0.555. The minimum atomic E-state index is -0.108. The van der Waals surface area contributed by atoms with Crippen molar-refractivity contribution in [3.05, 3.63) is 23.9 Å². The lowest BCUT2D eigenvalue weighted by Crippen LogP contribution is -2.39. The number of nitrogens with one attached hydrogen (secondary N) is 2. The summed E-state index contributed by atoms with van der Waals surface area (Å²) in [5.74, 6) is 5.65. The second-order valence-electron chi connectivity index (χ2n) is 5.18. The number of carbonyl (C=O) groups is 1. The van der Waals surface area contributed by atoms with E-state index in [0.717, 1.165) is 26.1 Å². The number of amides is 1. The fourth-order valence-electron chi connectivity index (χ4n) is 2.05. The van der Waals surface area contributed by atoms with Crippen LogP contribution >= 0.6 is 0 Å². The number of hydrogen-bond donors (Lipinski definition) is 3. The molecule has 19 heavy (non-hydrogen) atoms. The Morgan fingerprint density at radius 3 is 2.79 bits per heavy atom. The van der Waals surface area contributed by atoms with Gasteiger partial charge in [-0.1, -0.05) is 6.92 Å². The van der Waals surface area contributed by atoms with Crippen LogP contribution in [0.1, 0.15) is 30.1 Å². The van der Waals surface area contributed by atoms with Crippen molar-refractivity contribution in [1.29, 1.82) is 0 Å². The number of hydrogen-bond acceptors (Lipinski definition) is 5. The summed E-state index contributed by atoms with van der Waals surface area (Å²) in [5, 5.41) is 2.96. The van der Waals surface area contributed by atoms with Gasteiger partial charge in [0.15, 0.2) is 0 Å². The lowest BCUT2D eigenvalue weighted by atomic mass is 9.82. The van der Waals surface area contributed by atoms with E-state index >= 15 is 0 Å². The Bertz CT molecular complexity index is 427. The molecule has 1 aromatic rings. The highest BCUT2D eigenvalue weighted by Gasteiger charge is 2.27. The van der Waals surface area contributed by atoms with Gasteiger partial charge in [-0.25, -0.2) is 10.8 Å². The van der Waals surface area contributed by atoms with Gasteiger partial charge in [0, 0.05) is 26.0 Å². The van der Waals surface area contributed by atoms with Gasteiger partial charge in [0.1, 0.15) is 5.82 Å². The Balaban J connectivity index is 1.89. The van der Waals surface area contributed by atoms with E-state index in [4.69, 9.17) is 10.6 Å². The van der Waals surface area contributed by atoms with E-state index in [2.05, 4.69) is 22.7 Å². The topological polar surface area (TPSA) is 89.3 Å². The molecule has 2 heterocycles. The van der Waals surface area contributed by atoms with Crippen molar-refractivity contribution >= 4 is 11.7 Å². The first kappa shape index (κ1) is 13.8. The number of rotatable bonds is 4. The molecule has 6 heteroatoms. The van der Waals surface area contributed by atoms with Crippen LogP contribution in [0.25, 0.3) is 0 Å². The number of ether oxygens (including phenoxy) is 1. The second-order valence-corrected chi connectivity index (χ2v) is 5.18. The summed E-state index contributed by atoms with van der Waals surface area (Å²) >= 11 is 0. The van der Waals surface area contributed by atoms with Crippen molar-refractivity contribution < 1.29 is 9.53 Å². The Hall–Kier alpha value is -1.66. The Morgan fingerprint density at radius 1 is 1.47 bits per heavy atom. The molecule has 0 saturated carbocycles. The smallest absolute Gasteiger partial charge is 0.252 e. The Kier molecular flexibility index (Phi) is 4.34. The molecule has 104 valence electrons. The molecule has 0 aromatic carbocycles. The molecular formula is C13H20N4O2. The minimum Gasteiger partial charge on any atom is -0.381 e. The summed E-state index contributed by atoms with van der Waals surface area (Å²) in [4.78, 5) is 16.0. The molecule has 1 saturated heterocycles. The molecule has 6 nitrogen and oxygen atoms in total. The standard InChI is InChI=1S/C13H20N4O2/c1-13(4-6-19-7-5-13)9-16-12(18)10-2-3-11(17-14)15-8-10/h2-3,8H,4-7,9,14H2,1H3,(H,15,17)(H,16,18). The van der Waals surface area contributed by atoms with Crippen molar-refractivity contribution in [2.45, 2.75) is 19.8 Å². The molecule has 1 aromatic heterocycles. The first-order chi connectivity index (χ1) is 9.13. The van der Waals surface area contributed by atoms with Gasteiger partial charge in [0.25, 0.3) is 5.91 Å². The lowest BCUT2D eigenvalue weighted by molar-refractivity contribution is 0.0238. The van der Waals surface area contributed by atoms with Crippen LogP contribution in [0.4, 0.5) is 5.82 Å². The number of nitrogens with zero attached hydrogens (tertiary/aromatic N) is 1. The number of nitrogens with two attached hydrogens (primary N) is 1. The third-order valence-corrected chi connectivity index (χ3v) is 3.55. The van der Waals surface area contributed by atoms with Gasteiger partial charge in [-0.3, -0.25) is 4.79 Å². The van der Waals surface area contributed by atoms with Crippen LogP contribution < -0.4 is 16.6 Å². The maximum atomic E-state index is 12.0. The molecule has 1 amide bonds. The number of hydrazine groups is 1. The maximum Gasteiger partial charge on any atom is 0.252 e. The van der Waals surface area contributed by atoms with E-state index in [1.807, 2.05) is 0 Å². The first-order valence-corrected chi connectivity index (χ1v) is 6.42. The highest BCUT2D eigenvalue weighted by molar-refractivity contribution is 5.94. The zero-order valence-corrected chi connectivity index (χ0v) is 11.1. The second kappa shape index (κ2) is 5.99. The van der Waals surface area contributed by atoms with Gasteiger partial charge in [-0.2, -0.15) is 0 Å². The summed E-state index contributed by atoms with van der Waals surface area (Å²) in [6.07, 6.45) is 3.46. The summed E-state index contributed by atoms with van der Waals surface area (Å²) < 4.78 is 5.34. The third-order valence-electron chi connectivity index (χ3n) is 3.55. The average molecular weight is 264 g/mol. The van der Waals surface area contributed by atoms with Crippen LogP contribution in [0.3, 0.4) is 0 Å². The average Bonchev–Trinajstić information content (AvgIpc) is 2.46. The van der Waals surface area contributed by atoms with Gasteiger partial charge < -0.3 is 15.5 Å². The number of nitrogen functional groups attached to an aromatic ring is 1. The zero-order chi connectivity index (χ0) is 13.7. The monoisotopic (exact) mass is 264 g/mol. The van der Waals surface area contributed by atoms with Crippen LogP contribution in [0, 0.1) is 5.41 Å². The third kappa shape index (κ3) is 3.65. The molecule has 0 unspecified atom stereocenters. The van der Waals surface area contributed by atoms with Crippen molar-refractivity contribution in [3.8, 4) is 0 Å². The molecule has 0 spiro atoms. The normalized spacial score (nSPS) is 17.8.